The molecule has 0 aromatic heterocycles. The number of carbonyl (C=O) groups excluding carboxylic acids is 2. The Balaban J connectivity index is 1.46. The molecule has 1 saturated heterocycles. The first kappa shape index (κ1) is 23.8. The lowest BCUT2D eigenvalue weighted by molar-refractivity contribution is -0.110. The Morgan fingerprint density at radius 3 is 2.42 bits per heavy atom. The molecule has 3 aromatic rings. The van der Waals surface area contributed by atoms with Crippen molar-refractivity contribution in [2.24, 2.45) is 0 Å². The molecule has 1 fully saturated rings. The second kappa shape index (κ2) is 10.8. The van der Waals surface area contributed by atoms with Gasteiger partial charge in [-0.3, -0.25) is 9.69 Å². The van der Waals surface area contributed by atoms with Crippen molar-refractivity contribution < 1.29 is 14.3 Å². The van der Waals surface area contributed by atoms with Crippen molar-refractivity contribution in [1.29, 1.82) is 0 Å². The third kappa shape index (κ3) is 5.19. The molecule has 2 aliphatic heterocycles. The molecule has 36 heavy (non-hydrogen) atoms. The third-order valence-electron chi connectivity index (χ3n) is 6.67. The molecule has 0 spiro atoms. The van der Waals surface area contributed by atoms with Gasteiger partial charge in [0.2, 0.25) is 0 Å². The fraction of sp³-hybridized carbons (Fsp3) is 0.267. The number of likely N-dealkylation sites (tertiary alicyclic amines) is 1. The first-order chi connectivity index (χ1) is 17.6. The van der Waals surface area contributed by atoms with E-state index in [4.69, 9.17) is 4.74 Å². The van der Waals surface area contributed by atoms with E-state index in [0.717, 1.165) is 42.1 Å². The molecule has 0 saturated carbocycles. The minimum Gasteiger partial charge on any atom is -0.462 e. The van der Waals surface area contributed by atoms with Gasteiger partial charge >= 0.3 is 5.97 Å². The highest BCUT2D eigenvalue weighted by molar-refractivity contribution is 6.37. The van der Waals surface area contributed by atoms with Gasteiger partial charge in [-0.25, -0.2) is 4.79 Å². The van der Waals surface area contributed by atoms with Gasteiger partial charge in [-0.05, 0) is 68.2 Å². The molecule has 0 bridgehead atoms. The molecule has 0 aliphatic carbocycles. The summed E-state index contributed by atoms with van der Waals surface area (Å²) in [7, 11) is 0. The molecule has 2 aliphatic rings. The number of benzene rings is 3. The minimum absolute atomic E-state index is 0.209. The number of amides is 1. The van der Waals surface area contributed by atoms with Gasteiger partial charge in [0.15, 0.2) is 0 Å². The van der Waals surface area contributed by atoms with Crippen LogP contribution in [0, 0.1) is 0 Å². The van der Waals surface area contributed by atoms with Crippen LogP contribution >= 0.6 is 0 Å². The minimum atomic E-state index is -0.405. The number of anilines is 2. The summed E-state index contributed by atoms with van der Waals surface area (Å²) in [5.41, 5.74) is 6.13. The number of hydrogen-bond donors (Lipinski definition) is 2. The van der Waals surface area contributed by atoms with Crippen molar-refractivity contribution in [1.82, 2.24) is 4.90 Å². The second-order valence-corrected chi connectivity index (χ2v) is 9.21. The van der Waals surface area contributed by atoms with E-state index in [0.29, 0.717) is 23.4 Å². The van der Waals surface area contributed by atoms with Crippen molar-refractivity contribution in [2.75, 3.05) is 30.3 Å². The molecular weight excluding hydrogens is 450 g/mol. The number of hydrogen-bond acceptors (Lipinski definition) is 5. The average Bonchev–Trinajstić information content (AvgIpc) is 3.24. The fourth-order valence-corrected chi connectivity index (χ4v) is 4.86. The molecule has 1 amide bonds. The molecule has 0 unspecified atom stereocenters. The zero-order chi connectivity index (χ0) is 24.9. The maximum Gasteiger partial charge on any atom is 0.338 e. The number of ether oxygens (including phenoxy) is 1. The second-order valence-electron chi connectivity index (χ2n) is 9.21. The van der Waals surface area contributed by atoms with Crippen molar-refractivity contribution in [3.63, 3.8) is 0 Å². The molecule has 6 nitrogen and oxygen atoms in total. The highest BCUT2D eigenvalue weighted by Gasteiger charge is 2.29. The molecule has 0 radical (unpaired) electrons. The smallest absolute Gasteiger partial charge is 0.338 e. The summed E-state index contributed by atoms with van der Waals surface area (Å²) in [4.78, 5) is 27.9. The summed E-state index contributed by atoms with van der Waals surface area (Å²) < 4.78 is 5.12. The first-order valence-corrected chi connectivity index (χ1v) is 12.6. The van der Waals surface area contributed by atoms with Crippen LogP contribution in [0.5, 0.6) is 0 Å². The monoisotopic (exact) mass is 481 g/mol. The number of nitrogens with one attached hydrogen (secondary N) is 2. The Kier molecular flexibility index (Phi) is 7.14. The maximum absolute atomic E-state index is 13.2. The van der Waals surface area contributed by atoms with Gasteiger partial charge in [-0.1, -0.05) is 55.0 Å². The van der Waals surface area contributed by atoms with Crippen LogP contribution in [0.15, 0.2) is 72.8 Å². The van der Waals surface area contributed by atoms with E-state index < -0.39 is 5.97 Å². The third-order valence-corrected chi connectivity index (χ3v) is 6.67. The summed E-state index contributed by atoms with van der Waals surface area (Å²) >= 11 is 0. The van der Waals surface area contributed by atoms with Crippen LogP contribution in [0.3, 0.4) is 0 Å². The summed E-state index contributed by atoms with van der Waals surface area (Å²) in [6.45, 7) is 5.36. The van der Waals surface area contributed by atoms with Crippen LogP contribution in [-0.4, -0.2) is 36.5 Å². The van der Waals surface area contributed by atoms with Gasteiger partial charge in [0, 0.05) is 17.8 Å². The number of esters is 1. The van der Waals surface area contributed by atoms with Gasteiger partial charge in [0.25, 0.3) is 5.91 Å². The number of fused-ring (bicyclic) bond motifs is 1. The Morgan fingerprint density at radius 1 is 0.944 bits per heavy atom. The number of nitrogens with zero attached hydrogens (tertiary/aromatic N) is 1. The molecule has 6 heteroatoms. The summed E-state index contributed by atoms with van der Waals surface area (Å²) in [5.74, 6) is -0.614. The van der Waals surface area contributed by atoms with Gasteiger partial charge in [-0.2, -0.15) is 0 Å². The first-order valence-electron chi connectivity index (χ1n) is 12.6. The molecule has 5 rings (SSSR count). The van der Waals surface area contributed by atoms with Crippen LogP contribution in [0.4, 0.5) is 11.4 Å². The van der Waals surface area contributed by atoms with Crippen LogP contribution in [0.2, 0.25) is 0 Å². The van der Waals surface area contributed by atoms with Crippen LogP contribution in [0.25, 0.3) is 11.3 Å². The van der Waals surface area contributed by atoms with E-state index >= 15 is 0 Å². The Labute approximate surface area is 212 Å². The van der Waals surface area contributed by atoms with E-state index in [2.05, 4.69) is 39.8 Å². The lowest BCUT2D eigenvalue weighted by atomic mass is 9.99. The van der Waals surface area contributed by atoms with Crippen molar-refractivity contribution in [3.8, 4) is 0 Å². The lowest BCUT2D eigenvalue weighted by Gasteiger charge is -2.26. The van der Waals surface area contributed by atoms with Crippen LogP contribution in [-0.2, 0) is 16.1 Å². The standard InChI is InChI=1S/C30H31N3O3/c1-2-36-30(35)23-13-16-25-26(19-23)32-29(34)27(25)28(22-9-5-3-6-10-22)31-24-14-11-21(12-15-24)20-33-17-7-4-8-18-33/h3,5-6,9-16,19,31H,2,4,7-8,17-18,20H2,1H3,(H,32,34)/b28-27-. The number of piperidine rings is 1. The Bertz CT molecular complexity index is 1280. The average molecular weight is 482 g/mol. The Hall–Kier alpha value is -3.90. The fourth-order valence-electron chi connectivity index (χ4n) is 4.86. The van der Waals surface area contributed by atoms with E-state index in [1.165, 1.54) is 24.8 Å². The predicted octanol–water partition coefficient (Wildman–Crippen LogP) is 5.78. The van der Waals surface area contributed by atoms with Crippen molar-refractivity contribution in [3.05, 3.63) is 95.1 Å². The van der Waals surface area contributed by atoms with E-state index in [9.17, 15) is 9.59 Å². The molecule has 3 aromatic carbocycles. The lowest BCUT2D eigenvalue weighted by Crippen LogP contribution is -2.29. The molecular formula is C30H31N3O3. The topological polar surface area (TPSA) is 70.7 Å². The van der Waals surface area contributed by atoms with Crippen LogP contribution in [0.1, 0.15) is 53.2 Å². The molecule has 2 N–H and O–H groups in total. The normalized spacial score (nSPS) is 16.8. The maximum atomic E-state index is 13.2. The van der Waals surface area contributed by atoms with Crippen molar-refractivity contribution >= 4 is 34.5 Å². The summed E-state index contributed by atoms with van der Waals surface area (Å²) in [5, 5.41) is 6.44. The Morgan fingerprint density at radius 2 is 1.69 bits per heavy atom. The van der Waals surface area contributed by atoms with Crippen LogP contribution < -0.4 is 10.6 Å². The predicted molar refractivity (Wildman–Crippen MR) is 143 cm³/mol. The van der Waals surface area contributed by atoms with E-state index in [1.54, 1.807) is 25.1 Å². The number of carbonyl (C=O) groups is 2. The summed E-state index contributed by atoms with van der Waals surface area (Å²) in [6.07, 6.45) is 3.88. The van der Waals surface area contributed by atoms with Gasteiger partial charge in [-0.15, -0.1) is 0 Å². The molecule has 0 atom stereocenters. The summed E-state index contributed by atoms with van der Waals surface area (Å²) in [6, 6.07) is 23.5. The van der Waals surface area contributed by atoms with Gasteiger partial charge < -0.3 is 15.4 Å². The van der Waals surface area contributed by atoms with Gasteiger partial charge in [0.05, 0.1) is 29.1 Å². The van der Waals surface area contributed by atoms with E-state index in [-0.39, 0.29) is 5.91 Å². The quantitative estimate of drug-likeness (QED) is 0.331. The SMILES string of the molecule is CCOC(=O)c1ccc2c(c1)NC(=O)/C2=C(\Nc1ccc(CN2CCCCC2)cc1)c1ccccc1. The van der Waals surface area contributed by atoms with Gasteiger partial charge in [0.1, 0.15) is 0 Å². The van der Waals surface area contributed by atoms with Crippen molar-refractivity contribution in [2.45, 2.75) is 32.7 Å². The highest BCUT2D eigenvalue weighted by atomic mass is 16.5. The zero-order valence-electron chi connectivity index (χ0n) is 20.5. The van der Waals surface area contributed by atoms with E-state index in [1.807, 2.05) is 30.3 Å². The number of rotatable bonds is 7. The molecule has 2 heterocycles. The zero-order valence-corrected chi connectivity index (χ0v) is 20.5. The molecule has 184 valence electrons. The highest BCUT2D eigenvalue weighted by Crippen LogP contribution is 2.38. The largest absolute Gasteiger partial charge is 0.462 e.